The lowest BCUT2D eigenvalue weighted by atomic mass is 10.0. The highest BCUT2D eigenvalue weighted by molar-refractivity contribution is 6.36. The number of aromatic nitrogens is 1. The Bertz CT molecular complexity index is 1140. The number of rotatable bonds is 4. The van der Waals surface area contributed by atoms with E-state index in [0.717, 1.165) is 16.7 Å². The maximum Gasteiger partial charge on any atom is 0.328 e. The number of nitrogens with one attached hydrogen (secondary N) is 1. The number of imide groups is 1. The van der Waals surface area contributed by atoms with Gasteiger partial charge in [-0.15, -0.1) is 0 Å². The molecule has 6 nitrogen and oxygen atoms in total. The molecule has 2 heterocycles. The van der Waals surface area contributed by atoms with Gasteiger partial charge in [0.1, 0.15) is 0 Å². The minimum absolute atomic E-state index is 0.0504. The Kier molecular flexibility index (Phi) is 5.18. The summed E-state index contributed by atoms with van der Waals surface area (Å²) >= 11 is 6.62. The van der Waals surface area contributed by atoms with Crippen LogP contribution in [0.2, 0.25) is 5.02 Å². The van der Waals surface area contributed by atoms with Gasteiger partial charge in [-0.1, -0.05) is 54.1 Å². The number of anilines is 1. The number of pyridine rings is 1. The number of benzene rings is 2. The number of halogens is 1. The summed E-state index contributed by atoms with van der Waals surface area (Å²) in [5, 5.41) is 2.76. The quantitative estimate of drug-likeness (QED) is 0.717. The summed E-state index contributed by atoms with van der Waals surface area (Å²) in [6.07, 6.45) is 1.99. The second-order valence-electron chi connectivity index (χ2n) is 6.76. The Morgan fingerprint density at radius 3 is 2.45 bits per heavy atom. The molecule has 0 aliphatic carbocycles. The van der Waals surface area contributed by atoms with Crippen molar-refractivity contribution >= 4 is 29.2 Å². The predicted molar refractivity (Wildman–Crippen MR) is 112 cm³/mol. The molecule has 7 heteroatoms. The third-order valence-electron chi connectivity index (χ3n) is 4.84. The number of hydrogen-bond acceptors (Lipinski definition) is 3. The highest BCUT2D eigenvalue weighted by Gasteiger charge is 2.26. The van der Waals surface area contributed by atoms with E-state index in [-0.39, 0.29) is 17.9 Å². The highest BCUT2D eigenvalue weighted by atomic mass is 35.5. The standard InChI is InChI=1S/C22H18ClN3O3/c23-21-17(4-3-5-18(21)26-13-11-19(27)24-22(26)29)16-9-7-15(8-10-16)14-25-12-2-1-6-20(25)28/h1-10,12H,11,13-14H2,(H,24,27,29). The molecule has 29 heavy (non-hydrogen) atoms. The Hall–Kier alpha value is -3.38. The molecule has 2 aromatic carbocycles. The van der Waals surface area contributed by atoms with Crippen LogP contribution in [0.1, 0.15) is 12.0 Å². The van der Waals surface area contributed by atoms with Crippen molar-refractivity contribution in [1.29, 1.82) is 0 Å². The minimum Gasteiger partial charge on any atom is -0.311 e. The van der Waals surface area contributed by atoms with Gasteiger partial charge in [0.2, 0.25) is 5.91 Å². The van der Waals surface area contributed by atoms with Gasteiger partial charge in [0.15, 0.2) is 0 Å². The molecule has 3 amide bonds. The first-order valence-electron chi connectivity index (χ1n) is 9.17. The van der Waals surface area contributed by atoms with Gasteiger partial charge in [0.05, 0.1) is 17.3 Å². The van der Waals surface area contributed by atoms with Crippen LogP contribution < -0.4 is 15.8 Å². The average Bonchev–Trinajstić information content (AvgIpc) is 2.71. The summed E-state index contributed by atoms with van der Waals surface area (Å²) in [6, 6.07) is 17.9. The van der Waals surface area contributed by atoms with Gasteiger partial charge in [-0.2, -0.15) is 0 Å². The van der Waals surface area contributed by atoms with Gasteiger partial charge in [-0.25, -0.2) is 4.79 Å². The van der Waals surface area contributed by atoms with E-state index in [1.807, 2.05) is 42.5 Å². The summed E-state index contributed by atoms with van der Waals surface area (Å²) < 4.78 is 1.64. The van der Waals surface area contributed by atoms with E-state index < -0.39 is 6.03 Å². The number of carbonyl (C=O) groups excluding carboxylic acids is 2. The zero-order valence-electron chi connectivity index (χ0n) is 15.5. The Morgan fingerprint density at radius 1 is 0.931 bits per heavy atom. The van der Waals surface area contributed by atoms with Crippen LogP contribution in [0.15, 0.2) is 71.7 Å². The molecular formula is C22H18ClN3O3. The highest BCUT2D eigenvalue weighted by Crippen LogP contribution is 2.36. The molecule has 146 valence electrons. The lowest BCUT2D eigenvalue weighted by Gasteiger charge is -2.28. The van der Waals surface area contributed by atoms with Gasteiger partial charge in [-0.05, 0) is 23.3 Å². The summed E-state index contributed by atoms with van der Waals surface area (Å²) in [6.45, 7) is 0.772. The number of nitrogens with zero attached hydrogens (tertiary/aromatic N) is 2. The van der Waals surface area contributed by atoms with E-state index >= 15 is 0 Å². The van der Waals surface area contributed by atoms with E-state index in [9.17, 15) is 14.4 Å². The van der Waals surface area contributed by atoms with Crippen molar-refractivity contribution in [3.8, 4) is 11.1 Å². The molecule has 1 fully saturated rings. The van der Waals surface area contributed by atoms with Crippen LogP contribution in [-0.4, -0.2) is 23.1 Å². The van der Waals surface area contributed by atoms with Crippen molar-refractivity contribution < 1.29 is 9.59 Å². The Morgan fingerprint density at radius 2 is 1.72 bits per heavy atom. The zero-order valence-corrected chi connectivity index (χ0v) is 16.2. The van der Waals surface area contributed by atoms with Crippen molar-refractivity contribution in [2.75, 3.05) is 11.4 Å². The fourth-order valence-electron chi connectivity index (χ4n) is 3.32. The molecular weight excluding hydrogens is 390 g/mol. The molecule has 1 aliphatic rings. The van der Waals surface area contributed by atoms with E-state index in [2.05, 4.69) is 5.32 Å². The molecule has 0 unspecified atom stereocenters. The number of amides is 3. The fraction of sp³-hybridized carbons (Fsp3) is 0.136. The van der Waals surface area contributed by atoms with Crippen LogP contribution >= 0.6 is 11.6 Å². The molecule has 1 saturated heterocycles. The molecule has 1 aliphatic heterocycles. The molecule has 1 aromatic heterocycles. The van der Waals surface area contributed by atoms with Crippen LogP contribution in [0.3, 0.4) is 0 Å². The van der Waals surface area contributed by atoms with Gasteiger partial charge < -0.3 is 4.57 Å². The van der Waals surface area contributed by atoms with Crippen LogP contribution in [0.5, 0.6) is 0 Å². The fourth-order valence-corrected chi connectivity index (χ4v) is 3.66. The van der Waals surface area contributed by atoms with Crippen molar-refractivity contribution in [1.82, 2.24) is 9.88 Å². The van der Waals surface area contributed by atoms with Crippen LogP contribution in [0.4, 0.5) is 10.5 Å². The second kappa shape index (κ2) is 7.93. The lowest BCUT2D eigenvalue weighted by molar-refractivity contribution is -0.120. The van der Waals surface area contributed by atoms with Crippen LogP contribution in [-0.2, 0) is 11.3 Å². The first-order valence-corrected chi connectivity index (χ1v) is 9.55. The lowest BCUT2D eigenvalue weighted by Crippen LogP contribution is -2.49. The third-order valence-corrected chi connectivity index (χ3v) is 5.24. The molecule has 0 atom stereocenters. The summed E-state index contributed by atoms with van der Waals surface area (Å²) in [7, 11) is 0. The molecule has 0 spiro atoms. The number of hydrogen-bond donors (Lipinski definition) is 1. The van der Waals surface area contributed by atoms with E-state index in [0.29, 0.717) is 23.8 Å². The smallest absolute Gasteiger partial charge is 0.311 e. The average molecular weight is 408 g/mol. The summed E-state index contributed by atoms with van der Waals surface area (Å²) in [4.78, 5) is 36.9. The molecule has 1 N–H and O–H groups in total. The number of carbonyl (C=O) groups is 2. The van der Waals surface area contributed by atoms with Gasteiger partial charge in [-0.3, -0.25) is 19.8 Å². The van der Waals surface area contributed by atoms with E-state index in [1.165, 1.54) is 11.0 Å². The molecule has 3 aromatic rings. The maximum atomic E-state index is 12.2. The first-order chi connectivity index (χ1) is 14.0. The van der Waals surface area contributed by atoms with Crippen LogP contribution in [0, 0.1) is 0 Å². The largest absolute Gasteiger partial charge is 0.328 e. The molecule has 0 bridgehead atoms. The van der Waals surface area contributed by atoms with Gasteiger partial charge in [0.25, 0.3) is 5.56 Å². The van der Waals surface area contributed by atoms with Crippen molar-refractivity contribution in [2.24, 2.45) is 0 Å². The molecule has 0 radical (unpaired) electrons. The predicted octanol–water partition coefficient (Wildman–Crippen LogP) is 3.66. The van der Waals surface area contributed by atoms with Crippen molar-refractivity contribution in [3.63, 3.8) is 0 Å². The third kappa shape index (κ3) is 3.93. The maximum absolute atomic E-state index is 12.2. The van der Waals surface area contributed by atoms with Crippen LogP contribution in [0.25, 0.3) is 11.1 Å². The molecule has 0 saturated carbocycles. The summed E-state index contributed by atoms with van der Waals surface area (Å²) in [5.74, 6) is -0.286. The van der Waals surface area contributed by atoms with Gasteiger partial charge in [0, 0.05) is 30.8 Å². The normalized spacial score (nSPS) is 14.0. The topological polar surface area (TPSA) is 71.4 Å². The van der Waals surface area contributed by atoms with Gasteiger partial charge >= 0.3 is 6.03 Å². The zero-order chi connectivity index (χ0) is 20.4. The monoisotopic (exact) mass is 407 g/mol. The first kappa shape index (κ1) is 19.0. The minimum atomic E-state index is -0.469. The summed E-state index contributed by atoms with van der Waals surface area (Å²) in [5.41, 5.74) is 3.19. The van der Waals surface area contributed by atoms with Crippen molar-refractivity contribution in [2.45, 2.75) is 13.0 Å². The Balaban J connectivity index is 1.60. The molecule has 4 rings (SSSR count). The van der Waals surface area contributed by atoms with E-state index in [4.69, 9.17) is 11.6 Å². The Labute approximate surface area is 172 Å². The number of urea groups is 1. The van der Waals surface area contributed by atoms with E-state index in [1.54, 1.807) is 22.9 Å². The SMILES string of the molecule is O=C1CCN(c2cccc(-c3ccc(Cn4ccccc4=O)cc3)c2Cl)C(=O)N1. The second-order valence-corrected chi connectivity index (χ2v) is 7.14. The van der Waals surface area contributed by atoms with Crippen molar-refractivity contribution in [3.05, 3.63) is 87.8 Å².